The molecule has 0 bridgehead atoms. The summed E-state index contributed by atoms with van der Waals surface area (Å²) in [6.45, 7) is 8.22. The average molecular weight is 580 g/mol. The number of fused-ring (bicyclic) bond motifs is 5. The van der Waals surface area contributed by atoms with E-state index in [0.717, 1.165) is 5.57 Å². The summed E-state index contributed by atoms with van der Waals surface area (Å²) in [4.78, 5) is 29.9. The highest BCUT2D eigenvalue weighted by atomic mass is 32.1. The lowest BCUT2D eigenvalue weighted by Crippen LogP contribution is -2.68. The average Bonchev–Trinajstić information content (AvgIpc) is 3.48. The minimum absolute atomic E-state index is 0.0712. The van der Waals surface area contributed by atoms with Crippen LogP contribution in [0.15, 0.2) is 53.4 Å². The van der Waals surface area contributed by atoms with Gasteiger partial charge in [0.15, 0.2) is 17.2 Å². The second-order valence-corrected chi connectivity index (χ2v) is 13.8. The number of benzene rings is 1. The van der Waals surface area contributed by atoms with Crippen molar-refractivity contribution < 1.29 is 28.9 Å². The van der Waals surface area contributed by atoms with Crippen LogP contribution < -0.4 is 4.74 Å². The van der Waals surface area contributed by atoms with Crippen LogP contribution in [0.5, 0.6) is 5.75 Å². The summed E-state index contributed by atoms with van der Waals surface area (Å²) in [5, 5.41) is 26.5. The van der Waals surface area contributed by atoms with Crippen molar-refractivity contribution in [3.8, 4) is 5.75 Å². The molecule has 3 saturated carbocycles. The number of Topliss-reactive ketones (excluding diaryl/α,β-unsaturated/α-hetero) is 1. The van der Waals surface area contributed by atoms with Gasteiger partial charge in [-0.3, -0.25) is 9.59 Å². The van der Waals surface area contributed by atoms with E-state index in [1.54, 1.807) is 37.3 Å². The Bertz CT molecular complexity index is 1450. The largest absolute Gasteiger partial charge is 0.494 e. The molecule has 0 unspecified atom stereocenters. The molecule has 0 spiro atoms. The van der Waals surface area contributed by atoms with E-state index in [2.05, 4.69) is 0 Å². The Morgan fingerprint density at radius 1 is 1.22 bits per heavy atom. The highest BCUT2D eigenvalue weighted by Crippen LogP contribution is 2.72. The van der Waals surface area contributed by atoms with Gasteiger partial charge in [-0.05, 0) is 87.8 Å². The van der Waals surface area contributed by atoms with Crippen LogP contribution in [0.4, 0.5) is 4.39 Å². The van der Waals surface area contributed by atoms with E-state index in [-0.39, 0.29) is 36.2 Å². The van der Waals surface area contributed by atoms with Crippen LogP contribution in [-0.4, -0.2) is 45.1 Å². The summed E-state index contributed by atoms with van der Waals surface area (Å²) in [6.07, 6.45) is 5.18. The second-order valence-electron chi connectivity index (χ2n) is 12.9. The van der Waals surface area contributed by atoms with Crippen molar-refractivity contribution in [1.82, 2.24) is 4.98 Å². The SMILES string of the molecule is CCOc1ccc(C(=O)Cc2nc([C@@]3(O)[C@H](C)C[C@H]4[C@@H]5CCC6=CC(=O)C=C[C@]6(C)[C@@]5(F)[C@@H](O)C[C@@]43C)cs2)cc1. The first-order valence-electron chi connectivity index (χ1n) is 14.6. The van der Waals surface area contributed by atoms with Crippen LogP contribution in [0.25, 0.3) is 0 Å². The van der Waals surface area contributed by atoms with Gasteiger partial charge >= 0.3 is 0 Å². The van der Waals surface area contributed by atoms with Crippen LogP contribution in [-0.2, 0) is 16.8 Å². The maximum absolute atomic E-state index is 17.4. The molecular weight excluding hydrogens is 541 g/mol. The predicted molar refractivity (Wildman–Crippen MR) is 155 cm³/mol. The highest BCUT2D eigenvalue weighted by molar-refractivity contribution is 7.09. The molecule has 0 radical (unpaired) electrons. The van der Waals surface area contributed by atoms with Crippen molar-refractivity contribution >= 4 is 22.9 Å². The van der Waals surface area contributed by atoms with Gasteiger partial charge in [0.25, 0.3) is 0 Å². The molecule has 0 saturated heterocycles. The zero-order valence-corrected chi connectivity index (χ0v) is 24.8. The Labute approximate surface area is 244 Å². The van der Waals surface area contributed by atoms with Gasteiger partial charge in [0.1, 0.15) is 16.4 Å². The fourth-order valence-corrected chi connectivity index (χ4v) is 9.65. The molecule has 41 heavy (non-hydrogen) atoms. The van der Waals surface area contributed by atoms with Crippen LogP contribution >= 0.6 is 11.3 Å². The number of carbonyl (C=O) groups excluding carboxylic acids is 2. The number of rotatable bonds is 6. The Morgan fingerprint density at radius 2 is 1.95 bits per heavy atom. The number of aliphatic hydroxyl groups is 2. The fraction of sp³-hybridized carbons (Fsp3) is 0.545. The van der Waals surface area contributed by atoms with E-state index in [9.17, 15) is 19.8 Å². The molecule has 3 fully saturated rings. The molecule has 0 aliphatic heterocycles. The molecule has 4 aliphatic rings. The third-order valence-electron chi connectivity index (χ3n) is 11.0. The summed E-state index contributed by atoms with van der Waals surface area (Å²) >= 11 is 1.34. The van der Waals surface area contributed by atoms with Gasteiger partial charge in [0, 0.05) is 27.7 Å². The first kappa shape index (κ1) is 28.4. The standard InChI is InChI=1S/C33H38FNO5S/c1-5-40-23-9-6-20(7-10-23)26(37)16-29-35-27(18-41-29)33(39)19(2)14-25-24-11-8-21-15-22(36)12-13-30(21,3)32(24,34)28(38)17-31(25,33)4/h6-7,9-10,12-13,15,18-19,24-25,28,38-39H,5,8,11,14,16-17H2,1-4H3/t19-,24+,25+,28+,30+,31+,32+,33+/m1/s1. The zero-order chi connectivity index (χ0) is 29.4. The maximum atomic E-state index is 17.4. The molecule has 6 nitrogen and oxygen atoms in total. The molecule has 4 aliphatic carbocycles. The molecule has 1 heterocycles. The number of nitrogens with zero attached hydrogens (tertiary/aromatic N) is 1. The van der Waals surface area contributed by atoms with Crippen molar-refractivity contribution in [3.05, 3.63) is 69.7 Å². The molecule has 6 rings (SSSR count). The van der Waals surface area contributed by atoms with Gasteiger partial charge in [-0.1, -0.05) is 25.5 Å². The number of aliphatic hydroxyl groups excluding tert-OH is 1. The number of hydrogen-bond donors (Lipinski definition) is 2. The molecular formula is C33H38FNO5S. The van der Waals surface area contributed by atoms with Crippen molar-refractivity contribution in [2.75, 3.05) is 6.61 Å². The number of aromatic nitrogens is 1. The van der Waals surface area contributed by atoms with Gasteiger partial charge in [-0.2, -0.15) is 0 Å². The number of halogens is 1. The number of alkyl halides is 1. The van der Waals surface area contributed by atoms with Crippen LogP contribution in [0.3, 0.4) is 0 Å². The van der Waals surface area contributed by atoms with Crippen molar-refractivity contribution in [1.29, 1.82) is 0 Å². The first-order chi connectivity index (χ1) is 19.4. The lowest BCUT2D eigenvalue weighted by molar-refractivity contribution is -0.223. The smallest absolute Gasteiger partial charge is 0.178 e. The number of ether oxygens (including phenoxy) is 1. The number of hydrogen-bond acceptors (Lipinski definition) is 7. The summed E-state index contributed by atoms with van der Waals surface area (Å²) in [6, 6.07) is 7.04. The van der Waals surface area contributed by atoms with Crippen LogP contribution in [0.1, 0.15) is 74.4 Å². The lowest BCUT2D eigenvalue weighted by Gasteiger charge is -2.62. The maximum Gasteiger partial charge on any atom is 0.178 e. The van der Waals surface area contributed by atoms with Gasteiger partial charge < -0.3 is 14.9 Å². The third-order valence-corrected chi connectivity index (χ3v) is 11.8. The monoisotopic (exact) mass is 579 g/mol. The van der Waals surface area contributed by atoms with E-state index in [1.807, 2.05) is 26.2 Å². The minimum Gasteiger partial charge on any atom is -0.494 e. The van der Waals surface area contributed by atoms with Gasteiger partial charge in [0.2, 0.25) is 0 Å². The van der Waals surface area contributed by atoms with Gasteiger partial charge in [0.05, 0.1) is 24.8 Å². The van der Waals surface area contributed by atoms with Crippen LogP contribution in [0, 0.1) is 28.6 Å². The lowest BCUT2D eigenvalue weighted by atomic mass is 9.44. The van der Waals surface area contributed by atoms with Gasteiger partial charge in [-0.15, -0.1) is 11.3 Å². The molecule has 8 heteroatoms. The summed E-state index contributed by atoms with van der Waals surface area (Å²) in [5.41, 5.74) is -3.40. The predicted octanol–water partition coefficient (Wildman–Crippen LogP) is 5.77. The topological polar surface area (TPSA) is 96.7 Å². The molecule has 2 aromatic rings. The summed E-state index contributed by atoms with van der Waals surface area (Å²) in [7, 11) is 0. The second kappa shape index (κ2) is 9.68. The third kappa shape index (κ3) is 3.90. The quantitative estimate of drug-likeness (QED) is 0.422. The number of ketones is 2. The molecule has 8 atom stereocenters. The van der Waals surface area contributed by atoms with E-state index < -0.39 is 34.1 Å². The Hall–Kier alpha value is -2.68. The highest BCUT2D eigenvalue weighted by Gasteiger charge is 2.74. The van der Waals surface area contributed by atoms with E-state index in [4.69, 9.17) is 9.72 Å². The minimum atomic E-state index is -1.94. The normalized spacial score (nSPS) is 39.5. The van der Waals surface area contributed by atoms with Crippen molar-refractivity contribution in [2.45, 2.75) is 77.2 Å². The van der Waals surface area contributed by atoms with Gasteiger partial charge in [-0.25, -0.2) is 9.37 Å². The van der Waals surface area contributed by atoms with Crippen LogP contribution in [0.2, 0.25) is 0 Å². The number of thiazole rings is 1. The van der Waals surface area contributed by atoms with E-state index in [0.29, 0.717) is 47.9 Å². The first-order valence-corrected chi connectivity index (χ1v) is 15.5. The molecule has 0 amide bonds. The Balaban J connectivity index is 1.29. The molecule has 1 aromatic heterocycles. The summed E-state index contributed by atoms with van der Waals surface area (Å²) in [5.74, 6) is -0.392. The molecule has 218 valence electrons. The Morgan fingerprint density at radius 3 is 2.66 bits per heavy atom. The van der Waals surface area contributed by atoms with E-state index >= 15 is 4.39 Å². The zero-order valence-electron chi connectivity index (χ0n) is 24.0. The summed E-state index contributed by atoms with van der Waals surface area (Å²) < 4.78 is 22.9. The van der Waals surface area contributed by atoms with Crippen molar-refractivity contribution in [2.24, 2.45) is 28.6 Å². The number of carbonyl (C=O) groups is 2. The van der Waals surface area contributed by atoms with E-state index in [1.165, 1.54) is 23.5 Å². The fourth-order valence-electron chi connectivity index (χ4n) is 8.80. The Kier molecular flexibility index (Phi) is 6.71. The molecule has 2 N–H and O–H groups in total. The van der Waals surface area contributed by atoms with Crippen molar-refractivity contribution in [3.63, 3.8) is 0 Å². The molecule has 1 aromatic carbocycles. The number of allylic oxidation sites excluding steroid dienone is 4.